The predicted molar refractivity (Wildman–Crippen MR) is 119 cm³/mol. The lowest BCUT2D eigenvalue weighted by Gasteiger charge is -2.22. The highest BCUT2D eigenvalue weighted by Gasteiger charge is 2.19. The van der Waals surface area contributed by atoms with E-state index in [1.165, 1.54) is 22.2 Å². The zero-order valence-electron chi connectivity index (χ0n) is 17.8. The molecule has 0 spiro atoms. The third kappa shape index (κ3) is 5.40. The number of rotatable bonds is 9. The van der Waals surface area contributed by atoms with E-state index in [0.29, 0.717) is 17.5 Å². The number of nitrogens with one attached hydrogen (secondary N) is 2. The van der Waals surface area contributed by atoms with Gasteiger partial charge in [0.1, 0.15) is 11.8 Å². The lowest BCUT2D eigenvalue weighted by Crippen LogP contribution is -3.07. The second-order valence-electron chi connectivity index (χ2n) is 7.23. The molecule has 7 nitrogen and oxygen atoms in total. The van der Waals surface area contributed by atoms with Crippen molar-refractivity contribution >= 4 is 17.7 Å². The van der Waals surface area contributed by atoms with Gasteiger partial charge in [-0.15, -0.1) is 10.2 Å². The van der Waals surface area contributed by atoms with E-state index in [1.807, 2.05) is 54.1 Å². The van der Waals surface area contributed by atoms with Crippen molar-refractivity contribution in [2.45, 2.75) is 11.2 Å². The van der Waals surface area contributed by atoms with Crippen LogP contribution >= 0.6 is 11.8 Å². The Kier molecular flexibility index (Phi) is 7.48. The molecule has 8 heteroatoms. The molecule has 158 valence electrons. The molecule has 0 fully saturated rings. The van der Waals surface area contributed by atoms with Gasteiger partial charge in [-0.2, -0.15) is 0 Å². The molecule has 0 saturated carbocycles. The summed E-state index contributed by atoms with van der Waals surface area (Å²) >= 11 is 1.38. The largest absolute Gasteiger partial charge is 0.497 e. The van der Waals surface area contributed by atoms with Gasteiger partial charge in [-0.25, -0.2) is 0 Å². The molecule has 0 saturated heterocycles. The minimum Gasteiger partial charge on any atom is -0.497 e. The summed E-state index contributed by atoms with van der Waals surface area (Å²) < 4.78 is 7.09. The van der Waals surface area contributed by atoms with Gasteiger partial charge < -0.3 is 19.5 Å². The van der Waals surface area contributed by atoms with Gasteiger partial charge in [0, 0.05) is 18.2 Å². The highest BCUT2D eigenvalue weighted by Crippen LogP contribution is 2.24. The van der Waals surface area contributed by atoms with Gasteiger partial charge in [0.25, 0.3) is 0 Å². The molecule has 30 heavy (non-hydrogen) atoms. The van der Waals surface area contributed by atoms with Gasteiger partial charge in [-0.1, -0.05) is 42.1 Å². The van der Waals surface area contributed by atoms with Crippen molar-refractivity contribution in [1.29, 1.82) is 0 Å². The van der Waals surface area contributed by atoms with Crippen LogP contribution in [0.5, 0.6) is 5.75 Å². The molecule has 0 radical (unpaired) electrons. The second kappa shape index (κ2) is 10.3. The van der Waals surface area contributed by atoms with Gasteiger partial charge in [0.05, 0.1) is 33.5 Å². The van der Waals surface area contributed by atoms with E-state index in [2.05, 4.69) is 41.7 Å². The van der Waals surface area contributed by atoms with Crippen LogP contribution in [0.25, 0.3) is 11.4 Å². The molecule has 0 aliphatic heterocycles. The van der Waals surface area contributed by atoms with Crippen molar-refractivity contribution in [1.82, 2.24) is 20.1 Å². The maximum Gasteiger partial charge on any atom is 0.230 e. The summed E-state index contributed by atoms with van der Waals surface area (Å²) in [6.07, 6.45) is 0. The van der Waals surface area contributed by atoms with Crippen molar-refractivity contribution in [2.75, 3.05) is 33.5 Å². The smallest absolute Gasteiger partial charge is 0.230 e. The number of nitrogens with zero attached hydrogens (tertiary/aromatic N) is 3. The maximum absolute atomic E-state index is 12.4. The fourth-order valence-corrected chi connectivity index (χ4v) is 3.91. The van der Waals surface area contributed by atoms with E-state index in [1.54, 1.807) is 7.11 Å². The van der Waals surface area contributed by atoms with Crippen LogP contribution in [0.4, 0.5) is 0 Å². The molecule has 2 N–H and O–H groups in total. The number of methoxy groups -OCH3 is 1. The molecule has 0 bridgehead atoms. The highest BCUT2D eigenvalue weighted by atomic mass is 32.2. The summed E-state index contributed by atoms with van der Waals surface area (Å²) in [5, 5.41) is 12.3. The molecular weight excluding hydrogens is 398 g/mol. The number of carbonyl (C=O) groups is 1. The van der Waals surface area contributed by atoms with Gasteiger partial charge in [0.15, 0.2) is 11.0 Å². The Morgan fingerprint density at radius 3 is 2.47 bits per heavy atom. The Morgan fingerprint density at radius 1 is 1.13 bits per heavy atom. The van der Waals surface area contributed by atoms with E-state index in [0.717, 1.165) is 17.1 Å². The third-order valence-electron chi connectivity index (χ3n) is 4.92. The highest BCUT2D eigenvalue weighted by molar-refractivity contribution is 7.99. The minimum absolute atomic E-state index is 0.0174. The van der Waals surface area contributed by atoms with Crippen LogP contribution in [-0.4, -0.2) is 54.2 Å². The first-order valence-electron chi connectivity index (χ1n) is 9.78. The van der Waals surface area contributed by atoms with Gasteiger partial charge in [0.2, 0.25) is 5.91 Å². The Labute approximate surface area is 181 Å². The topological polar surface area (TPSA) is 73.5 Å². The molecule has 0 unspecified atom stereocenters. The molecular formula is C22H28N5O2S+. The Balaban J connectivity index is 1.56. The monoisotopic (exact) mass is 426 g/mol. The van der Waals surface area contributed by atoms with E-state index in [-0.39, 0.29) is 11.9 Å². The molecule has 2 aromatic carbocycles. The van der Waals surface area contributed by atoms with Gasteiger partial charge in [-0.3, -0.25) is 4.79 Å². The van der Waals surface area contributed by atoms with E-state index in [9.17, 15) is 4.79 Å². The lowest BCUT2D eigenvalue weighted by atomic mass is 10.1. The van der Waals surface area contributed by atoms with Crippen LogP contribution < -0.4 is 15.0 Å². The first-order valence-corrected chi connectivity index (χ1v) is 10.8. The normalized spacial score (nSPS) is 12.0. The summed E-state index contributed by atoms with van der Waals surface area (Å²) in [5.74, 6) is 1.82. The minimum atomic E-state index is -0.0174. The Morgan fingerprint density at radius 2 is 1.83 bits per heavy atom. The molecule has 3 aromatic rings. The molecule has 0 aliphatic carbocycles. The number of aromatic nitrogens is 3. The first kappa shape index (κ1) is 21.9. The van der Waals surface area contributed by atoms with Crippen molar-refractivity contribution in [3.05, 3.63) is 60.2 Å². The number of benzene rings is 2. The molecule has 3 rings (SSSR count). The fraction of sp³-hybridized carbons (Fsp3) is 0.318. The number of quaternary nitrogens is 1. The summed E-state index contributed by atoms with van der Waals surface area (Å²) in [4.78, 5) is 13.7. The molecule has 1 heterocycles. The van der Waals surface area contributed by atoms with Crippen molar-refractivity contribution in [2.24, 2.45) is 7.05 Å². The molecule has 1 aromatic heterocycles. The van der Waals surface area contributed by atoms with Crippen LogP contribution in [0.3, 0.4) is 0 Å². The van der Waals surface area contributed by atoms with Crippen LogP contribution in [0.15, 0.2) is 59.8 Å². The quantitative estimate of drug-likeness (QED) is 0.509. The van der Waals surface area contributed by atoms with E-state index in [4.69, 9.17) is 4.74 Å². The van der Waals surface area contributed by atoms with Gasteiger partial charge in [-0.05, 0) is 24.3 Å². The third-order valence-corrected chi connectivity index (χ3v) is 5.94. The molecule has 1 amide bonds. The first-order chi connectivity index (χ1) is 14.5. The Hall–Kier alpha value is -2.84. The van der Waals surface area contributed by atoms with Crippen molar-refractivity contribution in [3.8, 4) is 17.1 Å². The number of hydrogen-bond acceptors (Lipinski definition) is 5. The zero-order chi connectivity index (χ0) is 21.5. The molecule has 1 atom stereocenters. The number of thioether (sulfide) groups is 1. The van der Waals surface area contributed by atoms with E-state index >= 15 is 0 Å². The fourth-order valence-electron chi connectivity index (χ4n) is 3.17. The number of hydrogen-bond donors (Lipinski definition) is 2. The lowest BCUT2D eigenvalue weighted by molar-refractivity contribution is -0.890. The average Bonchev–Trinajstić information content (AvgIpc) is 3.13. The summed E-state index contributed by atoms with van der Waals surface area (Å²) in [6, 6.07) is 18.1. The summed E-state index contributed by atoms with van der Waals surface area (Å²) in [5.41, 5.74) is 2.16. The number of carbonyl (C=O) groups excluding carboxylic acids is 1. The van der Waals surface area contributed by atoms with Gasteiger partial charge >= 0.3 is 0 Å². The van der Waals surface area contributed by atoms with E-state index < -0.39 is 0 Å². The van der Waals surface area contributed by atoms with Crippen LogP contribution in [0, 0.1) is 0 Å². The Bertz CT molecular complexity index is 957. The van der Waals surface area contributed by atoms with Crippen molar-refractivity contribution in [3.63, 3.8) is 0 Å². The maximum atomic E-state index is 12.4. The van der Waals surface area contributed by atoms with Crippen LogP contribution in [-0.2, 0) is 11.8 Å². The van der Waals surface area contributed by atoms with Crippen LogP contribution in [0.1, 0.15) is 11.6 Å². The summed E-state index contributed by atoms with van der Waals surface area (Å²) in [6.45, 7) is 0.585. The molecule has 0 aliphatic rings. The van der Waals surface area contributed by atoms with Crippen molar-refractivity contribution < 1.29 is 14.4 Å². The number of likely N-dealkylation sites (N-methyl/N-ethyl adjacent to an activating group) is 1. The summed E-state index contributed by atoms with van der Waals surface area (Å²) in [7, 11) is 7.73. The second-order valence-corrected chi connectivity index (χ2v) is 8.17. The standard InChI is InChI=1S/C22H27N5O2S/c1-26(2)19(16-8-6-5-7-9-16)14-23-20(28)15-30-22-25-24-21(27(22)3)17-10-12-18(29-4)13-11-17/h5-13,19H,14-15H2,1-4H3,(H,23,28)/p+1/t19-/m1/s1. The predicted octanol–water partition coefficient (Wildman–Crippen LogP) is 1.58. The zero-order valence-corrected chi connectivity index (χ0v) is 18.6. The van der Waals surface area contributed by atoms with Crippen LogP contribution in [0.2, 0.25) is 0 Å². The number of ether oxygens (including phenoxy) is 1. The number of amides is 1. The SMILES string of the molecule is COc1ccc(-c2nnc(SCC(=O)NC[C@H](c3ccccc3)[NH+](C)C)n2C)cc1. The average molecular weight is 427 g/mol.